The van der Waals surface area contributed by atoms with Gasteiger partial charge in [-0.05, 0) is 44.2 Å². The van der Waals surface area contributed by atoms with E-state index in [1.54, 1.807) is 0 Å². The van der Waals surface area contributed by atoms with Crippen LogP contribution in [0.3, 0.4) is 0 Å². The third kappa shape index (κ3) is 6.88. The van der Waals surface area contributed by atoms with E-state index in [0.717, 1.165) is 64.9 Å². The summed E-state index contributed by atoms with van der Waals surface area (Å²) in [6.45, 7) is 5.65. The molecule has 2 N–H and O–H groups in total. The zero-order valence-electron chi connectivity index (χ0n) is 15.5. The summed E-state index contributed by atoms with van der Waals surface area (Å²) in [5.74, 6) is 0.145. The molecule has 2 aliphatic heterocycles. The molecule has 2 aliphatic rings. The monoisotopic (exact) mass is 381 g/mol. The fourth-order valence-corrected chi connectivity index (χ4v) is 3.64. The summed E-state index contributed by atoms with van der Waals surface area (Å²) in [7, 11) is 0. The van der Waals surface area contributed by atoms with Crippen LogP contribution in [-0.2, 0) is 16.1 Å². The Labute approximate surface area is 163 Å². The molecule has 3 rings (SSSR count). The van der Waals surface area contributed by atoms with Gasteiger partial charge in [0.05, 0.1) is 12.1 Å². The average Bonchev–Trinajstić information content (AvgIpc) is 3.18. The second-order valence-electron chi connectivity index (χ2n) is 7.13. The number of hydrogen-bond acceptors (Lipinski definition) is 4. The highest BCUT2D eigenvalue weighted by atomic mass is 35.5. The van der Waals surface area contributed by atoms with E-state index in [1.165, 1.54) is 5.56 Å². The third-order valence-corrected chi connectivity index (χ3v) is 5.13. The molecular formula is C20H32ClN3O2. The zero-order valence-corrected chi connectivity index (χ0v) is 16.3. The molecule has 0 bridgehead atoms. The van der Waals surface area contributed by atoms with Crippen molar-refractivity contribution in [3.8, 4) is 0 Å². The maximum absolute atomic E-state index is 11.9. The molecule has 1 aromatic rings. The summed E-state index contributed by atoms with van der Waals surface area (Å²) < 4.78 is 6.00. The number of halogens is 1. The van der Waals surface area contributed by atoms with Gasteiger partial charge in [-0.1, -0.05) is 30.3 Å². The van der Waals surface area contributed by atoms with Gasteiger partial charge in [0.25, 0.3) is 0 Å². The molecule has 0 radical (unpaired) electrons. The SMILES string of the molecule is Cl.O=C(NCCCOC1CCN(Cc2ccccc2)CC1)[C@@H]1CCCN1. The number of carbonyl (C=O) groups excluding carboxylic acids is 1. The molecule has 0 spiro atoms. The Hall–Kier alpha value is -1.14. The highest BCUT2D eigenvalue weighted by Gasteiger charge is 2.22. The van der Waals surface area contributed by atoms with Crippen LogP contribution in [0.5, 0.6) is 0 Å². The number of rotatable bonds is 8. The summed E-state index contributed by atoms with van der Waals surface area (Å²) in [6.07, 6.45) is 5.53. The molecule has 1 aromatic carbocycles. The fourth-order valence-electron chi connectivity index (χ4n) is 3.64. The number of carbonyl (C=O) groups is 1. The number of nitrogens with one attached hydrogen (secondary N) is 2. The molecule has 0 aliphatic carbocycles. The van der Waals surface area contributed by atoms with Gasteiger partial charge < -0.3 is 15.4 Å². The standard InChI is InChI=1S/C20H31N3O2.ClH/c24-20(19-8-4-11-21-19)22-12-5-15-25-18-9-13-23(14-10-18)16-17-6-2-1-3-7-17;/h1-3,6-7,18-19,21H,4-5,8-16H2,(H,22,24);1H/t19-;/m0./s1. The van der Waals surface area contributed by atoms with Gasteiger partial charge >= 0.3 is 0 Å². The molecule has 5 nitrogen and oxygen atoms in total. The summed E-state index contributed by atoms with van der Waals surface area (Å²) in [6, 6.07) is 10.7. The van der Waals surface area contributed by atoms with Crippen LogP contribution in [0.4, 0.5) is 0 Å². The minimum absolute atomic E-state index is 0. The van der Waals surface area contributed by atoms with Gasteiger partial charge in [0, 0.05) is 32.8 Å². The van der Waals surface area contributed by atoms with Crippen molar-refractivity contribution in [1.29, 1.82) is 0 Å². The Morgan fingerprint density at radius 3 is 2.65 bits per heavy atom. The lowest BCUT2D eigenvalue weighted by molar-refractivity contribution is -0.122. The van der Waals surface area contributed by atoms with Crippen molar-refractivity contribution in [2.24, 2.45) is 0 Å². The molecule has 0 unspecified atom stereocenters. The number of nitrogens with zero attached hydrogens (tertiary/aromatic N) is 1. The number of ether oxygens (including phenoxy) is 1. The molecule has 1 atom stereocenters. The van der Waals surface area contributed by atoms with Crippen molar-refractivity contribution in [3.05, 3.63) is 35.9 Å². The van der Waals surface area contributed by atoms with Crippen LogP contribution < -0.4 is 10.6 Å². The van der Waals surface area contributed by atoms with Gasteiger partial charge in [-0.25, -0.2) is 0 Å². The van der Waals surface area contributed by atoms with Crippen molar-refractivity contribution in [2.75, 3.05) is 32.8 Å². The lowest BCUT2D eigenvalue weighted by atomic mass is 10.1. The normalized spacial score (nSPS) is 21.3. The summed E-state index contributed by atoms with van der Waals surface area (Å²) >= 11 is 0. The number of hydrogen-bond donors (Lipinski definition) is 2. The predicted octanol–water partition coefficient (Wildman–Crippen LogP) is 2.35. The highest BCUT2D eigenvalue weighted by molar-refractivity contribution is 5.85. The van der Waals surface area contributed by atoms with E-state index < -0.39 is 0 Å². The topological polar surface area (TPSA) is 53.6 Å². The fraction of sp³-hybridized carbons (Fsp3) is 0.650. The van der Waals surface area contributed by atoms with Crippen LogP contribution in [0.25, 0.3) is 0 Å². The van der Waals surface area contributed by atoms with E-state index in [0.29, 0.717) is 12.6 Å². The lowest BCUT2D eigenvalue weighted by Crippen LogP contribution is -2.41. The van der Waals surface area contributed by atoms with Gasteiger partial charge in [0.1, 0.15) is 0 Å². The van der Waals surface area contributed by atoms with Crippen molar-refractivity contribution in [2.45, 2.75) is 50.8 Å². The van der Waals surface area contributed by atoms with E-state index in [2.05, 4.69) is 45.9 Å². The van der Waals surface area contributed by atoms with Crippen LogP contribution in [0.2, 0.25) is 0 Å². The molecule has 26 heavy (non-hydrogen) atoms. The van der Waals surface area contributed by atoms with Crippen molar-refractivity contribution in [1.82, 2.24) is 15.5 Å². The van der Waals surface area contributed by atoms with Gasteiger partial charge in [0.2, 0.25) is 5.91 Å². The van der Waals surface area contributed by atoms with E-state index in [4.69, 9.17) is 4.74 Å². The number of likely N-dealkylation sites (tertiary alicyclic amines) is 1. The van der Waals surface area contributed by atoms with Crippen LogP contribution in [0.15, 0.2) is 30.3 Å². The molecule has 1 amide bonds. The highest BCUT2D eigenvalue weighted by Crippen LogP contribution is 2.16. The maximum Gasteiger partial charge on any atom is 0.237 e. The largest absolute Gasteiger partial charge is 0.378 e. The maximum atomic E-state index is 11.9. The average molecular weight is 382 g/mol. The number of amides is 1. The molecule has 2 heterocycles. The van der Waals surface area contributed by atoms with E-state index in [-0.39, 0.29) is 24.4 Å². The molecule has 146 valence electrons. The molecular weight excluding hydrogens is 350 g/mol. The lowest BCUT2D eigenvalue weighted by Gasteiger charge is -2.32. The second kappa shape index (κ2) is 11.5. The van der Waals surface area contributed by atoms with Crippen LogP contribution in [0.1, 0.15) is 37.7 Å². The van der Waals surface area contributed by atoms with Crippen molar-refractivity contribution < 1.29 is 9.53 Å². The van der Waals surface area contributed by atoms with Gasteiger partial charge in [0.15, 0.2) is 0 Å². The van der Waals surface area contributed by atoms with E-state index in [1.807, 2.05) is 0 Å². The van der Waals surface area contributed by atoms with Crippen molar-refractivity contribution in [3.63, 3.8) is 0 Å². The van der Waals surface area contributed by atoms with E-state index in [9.17, 15) is 4.79 Å². The zero-order chi connectivity index (χ0) is 17.3. The Morgan fingerprint density at radius 1 is 1.19 bits per heavy atom. The summed E-state index contributed by atoms with van der Waals surface area (Å²) in [5, 5.41) is 6.23. The smallest absolute Gasteiger partial charge is 0.237 e. The Balaban J connectivity index is 0.00000243. The first kappa shape index (κ1) is 21.2. The quantitative estimate of drug-likeness (QED) is 0.679. The third-order valence-electron chi connectivity index (χ3n) is 5.13. The Bertz CT molecular complexity index is 515. The molecule has 0 aromatic heterocycles. The number of piperidine rings is 1. The first-order valence-electron chi connectivity index (χ1n) is 9.70. The van der Waals surface area contributed by atoms with Crippen molar-refractivity contribution >= 4 is 18.3 Å². The Morgan fingerprint density at radius 2 is 1.96 bits per heavy atom. The predicted molar refractivity (Wildman–Crippen MR) is 107 cm³/mol. The first-order chi connectivity index (χ1) is 12.3. The second-order valence-corrected chi connectivity index (χ2v) is 7.13. The van der Waals surface area contributed by atoms with E-state index >= 15 is 0 Å². The minimum Gasteiger partial charge on any atom is -0.378 e. The minimum atomic E-state index is 0. The molecule has 6 heteroatoms. The van der Waals surface area contributed by atoms with Crippen LogP contribution in [0, 0.1) is 0 Å². The molecule has 2 saturated heterocycles. The van der Waals surface area contributed by atoms with Gasteiger partial charge in [-0.2, -0.15) is 0 Å². The van der Waals surface area contributed by atoms with Gasteiger partial charge in [-0.15, -0.1) is 12.4 Å². The summed E-state index contributed by atoms with van der Waals surface area (Å²) in [4.78, 5) is 14.4. The number of benzene rings is 1. The Kier molecular flexibility index (Phi) is 9.40. The molecule has 2 fully saturated rings. The van der Waals surface area contributed by atoms with Gasteiger partial charge in [-0.3, -0.25) is 9.69 Å². The van der Waals surface area contributed by atoms with Crippen LogP contribution in [-0.4, -0.2) is 55.7 Å². The molecule has 0 saturated carbocycles. The summed E-state index contributed by atoms with van der Waals surface area (Å²) in [5.41, 5.74) is 1.38. The first-order valence-corrected chi connectivity index (χ1v) is 9.70. The van der Waals surface area contributed by atoms with Crippen LogP contribution >= 0.6 is 12.4 Å².